The van der Waals surface area contributed by atoms with Crippen LogP contribution in [0.15, 0.2) is 6.07 Å². The Morgan fingerprint density at radius 2 is 2.25 bits per heavy atom. The third-order valence-corrected chi connectivity index (χ3v) is 5.62. The van der Waals surface area contributed by atoms with Crippen molar-refractivity contribution >= 4 is 56.9 Å². The van der Waals surface area contributed by atoms with Gasteiger partial charge in [0, 0.05) is 10.9 Å². The second kappa shape index (κ2) is 5.61. The van der Waals surface area contributed by atoms with Crippen molar-refractivity contribution in [2.75, 3.05) is 5.32 Å². The summed E-state index contributed by atoms with van der Waals surface area (Å²) >= 11 is 14.5. The van der Waals surface area contributed by atoms with Crippen molar-refractivity contribution in [3.63, 3.8) is 0 Å². The highest BCUT2D eigenvalue weighted by Gasteiger charge is 2.22. The molecule has 0 aliphatic heterocycles. The number of aryl methyl sites for hydroxylation is 1. The van der Waals surface area contributed by atoms with Gasteiger partial charge in [-0.1, -0.05) is 23.2 Å². The first-order chi connectivity index (χ1) is 9.52. The zero-order valence-electron chi connectivity index (χ0n) is 10.3. The minimum Gasteiger partial charge on any atom is -0.327 e. The molecular formula is C12H11Cl2N3OS2. The monoisotopic (exact) mass is 347 g/mol. The second-order valence-electron chi connectivity index (χ2n) is 4.58. The first-order valence-corrected chi connectivity index (χ1v) is 8.42. The molecule has 2 aromatic rings. The van der Waals surface area contributed by atoms with E-state index in [1.807, 2.05) is 0 Å². The Kier molecular flexibility index (Phi) is 4.01. The van der Waals surface area contributed by atoms with Crippen LogP contribution in [-0.2, 0) is 12.8 Å². The summed E-state index contributed by atoms with van der Waals surface area (Å²) in [6, 6.07) is 1.75. The number of rotatable bonds is 2. The molecule has 1 amide bonds. The van der Waals surface area contributed by atoms with E-state index in [1.54, 1.807) is 6.07 Å². The second-order valence-corrected chi connectivity index (χ2v) is 7.95. The van der Waals surface area contributed by atoms with Crippen LogP contribution in [0.4, 0.5) is 5.13 Å². The molecule has 3 N–H and O–H groups in total. The van der Waals surface area contributed by atoms with E-state index in [0.29, 0.717) is 19.4 Å². The van der Waals surface area contributed by atoms with Gasteiger partial charge in [-0.3, -0.25) is 10.1 Å². The molecule has 106 valence electrons. The SMILES string of the molecule is N[C@H]1CCc2nc(NC(=O)c3cc(Cl)sc3Cl)sc2C1. The van der Waals surface area contributed by atoms with Gasteiger partial charge in [-0.15, -0.1) is 22.7 Å². The van der Waals surface area contributed by atoms with Crippen LogP contribution in [0.25, 0.3) is 0 Å². The van der Waals surface area contributed by atoms with Gasteiger partial charge in [-0.2, -0.15) is 0 Å². The van der Waals surface area contributed by atoms with Gasteiger partial charge in [-0.05, 0) is 25.3 Å². The molecule has 4 nitrogen and oxygen atoms in total. The predicted molar refractivity (Wildman–Crippen MR) is 84.4 cm³/mol. The molecule has 0 saturated heterocycles. The first-order valence-electron chi connectivity index (χ1n) is 6.03. The number of fused-ring (bicyclic) bond motifs is 1. The highest BCUT2D eigenvalue weighted by Crippen LogP contribution is 2.33. The number of carbonyl (C=O) groups excluding carboxylic acids is 1. The lowest BCUT2D eigenvalue weighted by Crippen LogP contribution is -2.27. The first kappa shape index (κ1) is 14.3. The number of thiophene rings is 1. The normalized spacial score (nSPS) is 17.9. The van der Waals surface area contributed by atoms with Gasteiger partial charge >= 0.3 is 0 Å². The van der Waals surface area contributed by atoms with Gasteiger partial charge in [-0.25, -0.2) is 4.98 Å². The predicted octanol–water partition coefficient (Wildman–Crippen LogP) is 3.58. The molecule has 3 rings (SSSR count). The summed E-state index contributed by atoms with van der Waals surface area (Å²) < 4.78 is 0.875. The molecule has 2 aromatic heterocycles. The number of halogens is 2. The van der Waals surface area contributed by atoms with Crippen LogP contribution in [0, 0.1) is 0 Å². The Bertz CT molecular complexity index is 668. The standard InChI is InChI=1S/C12H11Cl2N3OS2/c13-9-4-6(10(14)20-9)11(18)17-12-16-7-2-1-5(15)3-8(7)19-12/h4-5H,1-3,15H2,(H,16,17,18)/t5-/m0/s1. The van der Waals surface area contributed by atoms with Gasteiger partial charge in [0.15, 0.2) is 5.13 Å². The molecule has 1 aliphatic rings. The number of thiazole rings is 1. The van der Waals surface area contributed by atoms with Crippen LogP contribution < -0.4 is 11.1 Å². The van der Waals surface area contributed by atoms with E-state index in [4.69, 9.17) is 28.9 Å². The van der Waals surface area contributed by atoms with Crippen molar-refractivity contribution in [1.82, 2.24) is 4.98 Å². The molecule has 1 atom stereocenters. The summed E-state index contributed by atoms with van der Waals surface area (Å²) in [7, 11) is 0. The smallest absolute Gasteiger partial charge is 0.259 e. The van der Waals surface area contributed by atoms with Gasteiger partial charge in [0.1, 0.15) is 4.34 Å². The number of anilines is 1. The molecule has 8 heteroatoms. The molecule has 0 spiro atoms. The highest BCUT2D eigenvalue weighted by atomic mass is 35.5. The summed E-state index contributed by atoms with van der Waals surface area (Å²) in [6.45, 7) is 0. The van der Waals surface area contributed by atoms with Crippen LogP contribution in [0.5, 0.6) is 0 Å². The van der Waals surface area contributed by atoms with Crippen molar-refractivity contribution in [2.45, 2.75) is 25.3 Å². The maximum atomic E-state index is 12.1. The van der Waals surface area contributed by atoms with Crippen LogP contribution in [0.2, 0.25) is 8.67 Å². The highest BCUT2D eigenvalue weighted by molar-refractivity contribution is 7.20. The van der Waals surface area contributed by atoms with Crippen molar-refractivity contribution < 1.29 is 4.79 Å². The van der Waals surface area contributed by atoms with E-state index in [0.717, 1.165) is 29.8 Å². The minimum atomic E-state index is -0.284. The summed E-state index contributed by atoms with van der Waals surface area (Å²) in [5.41, 5.74) is 7.36. The van der Waals surface area contributed by atoms with Crippen molar-refractivity contribution in [2.24, 2.45) is 5.73 Å². The fourth-order valence-electron chi connectivity index (χ4n) is 2.11. The number of hydrogen-bond acceptors (Lipinski definition) is 5. The van der Waals surface area contributed by atoms with Gasteiger partial charge < -0.3 is 5.73 Å². The van der Waals surface area contributed by atoms with Crippen LogP contribution in [-0.4, -0.2) is 16.9 Å². The maximum absolute atomic E-state index is 12.1. The lowest BCUT2D eigenvalue weighted by Gasteiger charge is -2.15. The Balaban J connectivity index is 1.78. The van der Waals surface area contributed by atoms with E-state index < -0.39 is 0 Å². The molecule has 2 heterocycles. The average Bonchev–Trinajstić information content (AvgIpc) is 2.91. The molecular weight excluding hydrogens is 337 g/mol. The van der Waals surface area contributed by atoms with Crippen molar-refractivity contribution in [1.29, 1.82) is 0 Å². The number of aromatic nitrogens is 1. The Morgan fingerprint density at radius 1 is 1.45 bits per heavy atom. The molecule has 20 heavy (non-hydrogen) atoms. The molecule has 0 fully saturated rings. The van der Waals surface area contributed by atoms with Gasteiger partial charge in [0.2, 0.25) is 0 Å². The quantitative estimate of drug-likeness (QED) is 0.872. The minimum absolute atomic E-state index is 0.191. The Morgan fingerprint density at radius 3 is 2.95 bits per heavy atom. The number of carbonyl (C=O) groups is 1. The van der Waals surface area contributed by atoms with E-state index in [2.05, 4.69) is 10.3 Å². The van der Waals surface area contributed by atoms with Crippen molar-refractivity contribution in [3.05, 3.63) is 30.9 Å². The van der Waals surface area contributed by atoms with Crippen LogP contribution in [0.1, 0.15) is 27.3 Å². The fourth-order valence-corrected chi connectivity index (χ4v) is 4.67. The third kappa shape index (κ3) is 2.84. The summed E-state index contributed by atoms with van der Waals surface area (Å²) in [4.78, 5) is 17.7. The van der Waals surface area contributed by atoms with Gasteiger partial charge in [0.05, 0.1) is 15.6 Å². The summed E-state index contributed by atoms with van der Waals surface area (Å²) in [5, 5.41) is 3.37. The number of nitrogens with zero attached hydrogens (tertiary/aromatic N) is 1. The molecule has 0 bridgehead atoms. The average molecular weight is 348 g/mol. The molecule has 0 radical (unpaired) electrons. The van der Waals surface area contributed by atoms with Crippen LogP contribution >= 0.6 is 45.9 Å². The third-order valence-electron chi connectivity index (χ3n) is 3.10. The topological polar surface area (TPSA) is 68.0 Å². The zero-order valence-corrected chi connectivity index (χ0v) is 13.4. The molecule has 0 unspecified atom stereocenters. The summed E-state index contributed by atoms with van der Waals surface area (Å²) in [6.07, 6.45) is 2.64. The molecule has 0 saturated carbocycles. The Hall–Kier alpha value is -0.660. The van der Waals surface area contributed by atoms with E-state index in [1.165, 1.54) is 22.7 Å². The molecule has 1 aliphatic carbocycles. The number of hydrogen-bond donors (Lipinski definition) is 2. The van der Waals surface area contributed by atoms with Crippen LogP contribution in [0.3, 0.4) is 0 Å². The Labute approximate surface area is 133 Å². The van der Waals surface area contributed by atoms with Gasteiger partial charge in [0.25, 0.3) is 5.91 Å². The number of amides is 1. The fraction of sp³-hybridized carbons (Fsp3) is 0.333. The lowest BCUT2D eigenvalue weighted by atomic mass is 9.99. The van der Waals surface area contributed by atoms with E-state index in [9.17, 15) is 4.79 Å². The van der Waals surface area contributed by atoms with E-state index >= 15 is 0 Å². The maximum Gasteiger partial charge on any atom is 0.259 e. The number of nitrogens with one attached hydrogen (secondary N) is 1. The van der Waals surface area contributed by atoms with E-state index in [-0.39, 0.29) is 11.9 Å². The summed E-state index contributed by atoms with van der Waals surface area (Å²) in [5.74, 6) is -0.284. The zero-order chi connectivity index (χ0) is 14.3. The molecule has 0 aromatic carbocycles. The lowest BCUT2D eigenvalue weighted by molar-refractivity contribution is 0.102. The largest absolute Gasteiger partial charge is 0.327 e. The number of nitrogens with two attached hydrogens (primary N) is 1. The van der Waals surface area contributed by atoms with Crippen molar-refractivity contribution in [3.8, 4) is 0 Å².